The maximum atomic E-state index is 10.7. The van der Waals surface area contributed by atoms with E-state index in [0.29, 0.717) is 11.3 Å². The molecule has 2 fully saturated rings. The second kappa shape index (κ2) is 2.09. The molecule has 2 bridgehead atoms. The predicted octanol–water partition coefficient (Wildman–Crippen LogP) is 2.26. The van der Waals surface area contributed by atoms with Gasteiger partial charge in [0.15, 0.2) is 0 Å². The van der Waals surface area contributed by atoms with E-state index in [2.05, 4.69) is 13.8 Å². The second-order valence-electron chi connectivity index (χ2n) is 4.57. The molecule has 2 aliphatic rings. The summed E-state index contributed by atoms with van der Waals surface area (Å²) in [5.41, 5.74) is 0.367. The number of hydrogen-bond donors (Lipinski definition) is 0. The number of aldehydes is 1. The molecule has 62 valence electrons. The summed E-state index contributed by atoms with van der Waals surface area (Å²) in [6, 6.07) is 0. The van der Waals surface area contributed by atoms with Gasteiger partial charge in [0.1, 0.15) is 6.29 Å². The zero-order valence-corrected chi connectivity index (χ0v) is 7.34. The second-order valence-corrected chi connectivity index (χ2v) is 4.57. The Morgan fingerprint density at radius 2 is 2.27 bits per heavy atom. The first kappa shape index (κ1) is 7.33. The Kier molecular flexibility index (Phi) is 1.39. The van der Waals surface area contributed by atoms with E-state index < -0.39 is 0 Å². The molecule has 0 aromatic rings. The van der Waals surface area contributed by atoms with Crippen molar-refractivity contribution < 1.29 is 4.79 Å². The molecule has 4 atom stereocenters. The molecule has 0 aliphatic heterocycles. The van der Waals surface area contributed by atoms with Crippen LogP contribution in [0.4, 0.5) is 0 Å². The van der Waals surface area contributed by atoms with E-state index in [1.165, 1.54) is 25.5 Å². The minimum absolute atomic E-state index is 0.367. The number of hydrogen-bond acceptors (Lipinski definition) is 1. The molecule has 0 heterocycles. The van der Waals surface area contributed by atoms with Crippen molar-refractivity contribution >= 4 is 6.29 Å². The van der Waals surface area contributed by atoms with E-state index in [1.807, 2.05) is 0 Å². The quantitative estimate of drug-likeness (QED) is 0.527. The summed E-state index contributed by atoms with van der Waals surface area (Å²) in [6.07, 6.45) is 5.00. The van der Waals surface area contributed by atoms with E-state index in [0.717, 1.165) is 11.8 Å². The van der Waals surface area contributed by atoms with Gasteiger partial charge in [0.05, 0.1) is 0 Å². The van der Waals surface area contributed by atoms with Gasteiger partial charge in [0.25, 0.3) is 0 Å². The largest absolute Gasteiger partial charge is 0.303 e. The van der Waals surface area contributed by atoms with Crippen LogP contribution in [0.2, 0.25) is 0 Å². The van der Waals surface area contributed by atoms with Crippen LogP contribution in [0.1, 0.15) is 33.1 Å². The molecule has 2 aliphatic carbocycles. The summed E-state index contributed by atoms with van der Waals surface area (Å²) >= 11 is 0. The standard InChI is InChI=1S/C10H16O/c1-7-8-3-4-10(7,2)9(5-8)6-11/h6-9H,3-5H2,1-2H3/t7-,8+,9-,10-/m0/s1. The lowest BCUT2D eigenvalue weighted by molar-refractivity contribution is -0.114. The molecule has 0 aromatic carbocycles. The van der Waals surface area contributed by atoms with Gasteiger partial charge in [-0.2, -0.15) is 0 Å². The third kappa shape index (κ3) is 0.743. The van der Waals surface area contributed by atoms with Crippen LogP contribution >= 0.6 is 0 Å². The molecule has 0 spiro atoms. The molecule has 0 radical (unpaired) electrons. The first-order valence-corrected chi connectivity index (χ1v) is 4.64. The van der Waals surface area contributed by atoms with Crippen LogP contribution in [-0.2, 0) is 4.79 Å². The molecule has 0 saturated heterocycles. The monoisotopic (exact) mass is 152 g/mol. The van der Waals surface area contributed by atoms with Gasteiger partial charge in [-0.15, -0.1) is 0 Å². The minimum Gasteiger partial charge on any atom is -0.303 e. The van der Waals surface area contributed by atoms with Crippen molar-refractivity contribution in [3.63, 3.8) is 0 Å². The third-order valence-electron chi connectivity index (χ3n) is 4.37. The highest BCUT2D eigenvalue weighted by atomic mass is 16.1. The minimum atomic E-state index is 0.367. The van der Waals surface area contributed by atoms with Crippen LogP contribution in [0, 0.1) is 23.2 Å². The molecule has 2 rings (SSSR count). The molecule has 11 heavy (non-hydrogen) atoms. The summed E-state index contributed by atoms with van der Waals surface area (Å²) in [4.78, 5) is 10.7. The molecule has 0 aromatic heterocycles. The van der Waals surface area contributed by atoms with Crippen molar-refractivity contribution in [2.45, 2.75) is 33.1 Å². The maximum absolute atomic E-state index is 10.7. The lowest BCUT2D eigenvalue weighted by Gasteiger charge is -2.29. The van der Waals surface area contributed by atoms with Gasteiger partial charge in [-0.05, 0) is 36.5 Å². The first-order valence-electron chi connectivity index (χ1n) is 4.64. The molecule has 1 heteroatoms. The van der Waals surface area contributed by atoms with Crippen molar-refractivity contribution in [1.82, 2.24) is 0 Å². The van der Waals surface area contributed by atoms with E-state index in [1.54, 1.807) is 0 Å². The van der Waals surface area contributed by atoms with E-state index in [9.17, 15) is 4.79 Å². The van der Waals surface area contributed by atoms with Gasteiger partial charge >= 0.3 is 0 Å². The Morgan fingerprint density at radius 1 is 1.55 bits per heavy atom. The number of fused-ring (bicyclic) bond motifs is 2. The highest BCUT2D eigenvalue weighted by Crippen LogP contribution is 2.60. The van der Waals surface area contributed by atoms with Crippen LogP contribution in [-0.4, -0.2) is 6.29 Å². The van der Waals surface area contributed by atoms with Crippen LogP contribution in [0.15, 0.2) is 0 Å². The molecular formula is C10H16O. The van der Waals surface area contributed by atoms with Crippen LogP contribution in [0.5, 0.6) is 0 Å². The fourth-order valence-corrected chi connectivity index (χ4v) is 3.16. The van der Waals surface area contributed by atoms with Crippen molar-refractivity contribution in [2.75, 3.05) is 0 Å². The van der Waals surface area contributed by atoms with E-state index in [4.69, 9.17) is 0 Å². The summed E-state index contributed by atoms with van der Waals surface area (Å²) in [7, 11) is 0. The van der Waals surface area contributed by atoms with Gasteiger partial charge in [-0.1, -0.05) is 13.8 Å². The molecule has 0 N–H and O–H groups in total. The fourth-order valence-electron chi connectivity index (χ4n) is 3.16. The van der Waals surface area contributed by atoms with Crippen LogP contribution < -0.4 is 0 Å². The topological polar surface area (TPSA) is 17.1 Å². The number of carbonyl (C=O) groups is 1. The van der Waals surface area contributed by atoms with Crippen molar-refractivity contribution in [3.8, 4) is 0 Å². The Bertz CT molecular complexity index is 187. The maximum Gasteiger partial charge on any atom is 0.123 e. The van der Waals surface area contributed by atoms with Crippen LogP contribution in [0.25, 0.3) is 0 Å². The molecular weight excluding hydrogens is 136 g/mol. The van der Waals surface area contributed by atoms with Crippen molar-refractivity contribution in [1.29, 1.82) is 0 Å². The van der Waals surface area contributed by atoms with Crippen molar-refractivity contribution in [2.24, 2.45) is 23.2 Å². The number of rotatable bonds is 1. The first-order chi connectivity index (χ1) is 5.18. The summed E-state index contributed by atoms with van der Waals surface area (Å²) in [5, 5.41) is 0. The molecule has 1 nitrogen and oxygen atoms in total. The highest BCUT2D eigenvalue weighted by Gasteiger charge is 2.53. The van der Waals surface area contributed by atoms with Gasteiger partial charge in [0, 0.05) is 5.92 Å². The Hall–Kier alpha value is -0.330. The predicted molar refractivity (Wildman–Crippen MR) is 44.2 cm³/mol. The van der Waals surface area contributed by atoms with Gasteiger partial charge in [-0.25, -0.2) is 0 Å². The zero-order valence-electron chi connectivity index (χ0n) is 7.34. The lowest BCUT2D eigenvalue weighted by atomic mass is 9.75. The van der Waals surface area contributed by atoms with E-state index >= 15 is 0 Å². The van der Waals surface area contributed by atoms with Crippen LogP contribution in [0.3, 0.4) is 0 Å². The zero-order chi connectivity index (χ0) is 8.06. The lowest BCUT2D eigenvalue weighted by Crippen LogP contribution is -2.25. The van der Waals surface area contributed by atoms with Gasteiger partial charge in [0.2, 0.25) is 0 Å². The highest BCUT2D eigenvalue weighted by molar-refractivity contribution is 5.56. The average molecular weight is 152 g/mol. The molecule has 0 unspecified atom stereocenters. The molecule has 2 saturated carbocycles. The van der Waals surface area contributed by atoms with Gasteiger partial charge < -0.3 is 4.79 Å². The van der Waals surface area contributed by atoms with E-state index in [-0.39, 0.29) is 0 Å². The summed E-state index contributed by atoms with van der Waals surface area (Å²) in [5.74, 6) is 2.02. The number of carbonyl (C=O) groups excluding carboxylic acids is 1. The van der Waals surface area contributed by atoms with Crippen molar-refractivity contribution in [3.05, 3.63) is 0 Å². The smallest absolute Gasteiger partial charge is 0.123 e. The summed E-state index contributed by atoms with van der Waals surface area (Å²) in [6.45, 7) is 4.62. The summed E-state index contributed by atoms with van der Waals surface area (Å²) < 4.78 is 0. The normalized spacial score (nSPS) is 54.9. The fraction of sp³-hybridized carbons (Fsp3) is 0.900. The Morgan fingerprint density at radius 3 is 2.55 bits per heavy atom. The Balaban J connectivity index is 2.29. The average Bonchev–Trinajstić information content (AvgIpc) is 2.40. The SMILES string of the molecule is C[C@H]1[C@@H]2CC[C@]1(C)[C@H](C=O)C2. The Labute approximate surface area is 68.2 Å². The molecule has 0 amide bonds. The third-order valence-corrected chi connectivity index (χ3v) is 4.37. The van der Waals surface area contributed by atoms with Gasteiger partial charge in [-0.3, -0.25) is 0 Å².